The fourth-order valence-corrected chi connectivity index (χ4v) is 0.787. The predicted octanol–water partition coefficient (Wildman–Crippen LogP) is 0.528. The van der Waals surface area contributed by atoms with Gasteiger partial charge in [-0.2, -0.15) is 4.98 Å². The molecule has 1 aromatic heterocycles. The van der Waals surface area contributed by atoms with Crippen LogP contribution in [0.2, 0.25) is 0 Å². The van der Waals surface area contributed by atoms with Gasteiger partial charge in [0.25, 0.3) is 0 Å². The van der Waals surface area contributed by atoms with E-state index in [-0.39, 0.29) is 0 Å². The monoisotopic (exact) mass is 155 g/mol. The average molecular weight is 155 g/mol. The lowest BCUT2D eigenvalue weighted by atomic mass is 10.2. The summed E-state index contributed by atoms with van der Waals surface area (Å²) in [7, 11) is 1.91. The molecule has 1 atom stereocenters. The Balaban J connectivity index is 2.50. The van der Waals surface area contributed by atoms with Gasteiger partial charge in [0.05, 0.1) is 0 Å². The molecular formula is C7H13N3O. The standard InChI is InChI=1S/C7H13N3O/c1-5(8-3)4-7-9-6(2)10-11-7/h5,8H,4H2,1-3H3. The lowest BCUT2D eigenvalue weighted by Crippen LogP contribution is -2.23. The van der Waals surface area contributed by atoms with Crippen LogP contribution in [-0.2, 0) is 6.42 Å². The molecule has 11 heavy (non-hydrogen) atoms. The van der Waals surface area contributed by atoms with Crippen LogP contribution in [0.4, 0.5) is 0 Å². The van der Waals surface area contributed by atoms with Gasteiger partial charge in [-0.1, -0.05) is 5.16 Å². The van der Waals surface area contributed by atoms with E-state index in [0.29, 0.717) is 17.8 Å². The lowest BCUT2D eigenvalue weighted by Gasteiger charge is -2.04. The second-order valence-electron chi connectivity index (χ2n) is 2.63. The Hall–Kier alpha value is -0.900. The van der Waals surface area contributed by atoms with Crippen molar-refractivity contribution in [1.29, 1.82) is 0 Å². The van der Waals surface area contributed by atoms with Crippen LogP contribution in [0.1, 0.15) is 18.6 Å². The maximum Gasteiger partial charge on any atom is 0.228 e. The molecule has 0 aromatic carbocycles. The summed E-state index contributed by atoms with van der Waals surface area (Å²) in [5, 5.41) is 6.78. The molecule has 1 rings (SSSR count). The van der Waals surface area contributed by atoms with Crippen molar-refractivity contribution in [2.45, 2.75) is 26.3 Å². The van der Waals surface area contributed by atoms with E-state index in [9.17, 15) is 0 Å². The molecule has 62 valence electrons. The first-order valence-electron chi connectivity index (χ1n) is 3.69. The molecule has 1 unspecified atom stereocenters. The van der Waals surface area contributed by atoms with Gasteiger partial charge in [0.1, 0.15) is 0 Å². The summed E-state index contributed by atoms with van der Waals surface area (Å²) in [6.45, 7) is 3.89. The minimum Gasteiger partial charge on any atom is -0.339 e. The van der Waals surface area contributed by atoms with E-state index in [1.807, 2.05) is 14.0 Å². The van der Waals surface area contributed by atoms with E-state index >= 15 is 0 Å². The maximum atomic E-state index is 4.94. The van der Waals surface area contributed by atoms with Crippen LogP contribution in [0.25, 0.3) is 0 Å². The second kappa shape index (κ2) is 3.48. The van der Waals surface area contributed by atoms with Gasteiger partial charge in [-0.3, -0.25) is 0 Å². The predicted molar refractivity (Wildman–Crippen MR) is 41.3 cm³/mol. The largest absolute Gasteiger partial charge is 0.339 e. The van der Waals surface area contributed by atoms with Crippen LogP contribution in [-0.4, -0.2) is 23.2 Å². The number of likely N-dealkylation sites (N-methyl/N-ethyl adjacent to an activating group) is 1. The average Bonchev–Trinajstić information content (AvgIpc) is 2.35. The summed E-state index contributed by atoms with van der Waals surface area (Å²) >= 11 is 0. The summed E-state index contributed by atoms with van der Waals surface area (Å²) in [5.74, 6) is 1.40. The summed E-state index contributed by atoms with van der Waals surface area (Å²) in [5.41, 5.74) is 0. The molecule has 4 nitrogen and oxygen atoms in total. The van der Waals surface area contributed by atoms with Gasteiger partial charge >= 0.3 is 0 Å². The number of aryl methyl sites for hydroxylation is 1. The third kappa shape index (κ3) is 2.31. The Labute approximate surface area is 66.0 Å². The summed E-state index contributed by atoms with van der Waals surface area (Å²) in [4.78, 5) is 4.08. The highest BCUT2D eigenvalue weighted by molar-refractivity contribution is 4.85. The highest BCUT2D eigenvalue weighted by atomic mass is 16.5. The highest BCUT2D eigenvalue weighted by Crippen LogP contribution is 1.99. The summed E-state index contributed by atoms with van der Waals surface area (Å²) in [6.07, 6.45) is 0.789. The van der Waals surface area contributed by atoms with Crippen LogP contribution in [0.3, 0.4) is 0 Å². The van der Waals surface area contributed by atoms with Gasteiger partial charge in [-0.15, -0.1) is 0 Å². The first kappa shape index (κ1) is 8.20. The molecule has 0 aliphatic carbocycles. The number of aromatic nitrogens is 2. The van der Waals surface area contributed by atoms with Crippen molar-refractivity contribution < 1.29 is 4.52 Å². The Bertz CT molecular complexity index is 221. The quantitative estimate of drug-likeness (QED) is 0.691. The van der Waals surface area contributed by atoms with E-state index in [0.717, 1.165) is 6.42 Å². The maximum absolute atomic E-state index is 4.94. The molecule has 0 saturated carbocycles. The van der Waals surface area contributed by atoms with Crippen molar-refractivity contribution >= 4 is 0 Å². The normalized spacial score (nSPS) is 13.4. The first-order chi connectivity index (χ1) is 5.22. The number of rotatable bonds is 3. The molecule has 1 heterocycles. The van der Waals surface area contributed by atoms with Gasteiger partial charge in [0.2, 0.25) is 5.89 Å². The fraction of sp³-hybridized carbons (Fsp3) is 0.714. The lowest BCUT2D eigenvalue weighted by molar-refractivity contribution is 0.362. The van der Waals surface area contributed by atoms with Crippen molar-refractivity contribution in [3.8, 4) is 0 Å². The number of hydrogen-bond donors (Lipinski definition) is 1. The van der Waals surface area contributed by atoms with E-state index in [1.165, 1.54) is 0 Å². The molecule has 4 heteroatoms. The molecule has 0 fully saturated rings. The van der Waals surface area contributed by atoms with E-state index in [2.05, 4.69) is 22.4 Å². The van der Waals surface area contributed by atoms with E-state index < -0.39 is 0 Å². The van der Waals surface area contributed by atoms with Crippen LogP contribution < -0.4 is 5.32 Å². The van der Waals surface area contributed by atoms with E-state index in [1.54, 1.807) is 0 Å². The summed E-state index contributed by atoms with van der Waals surface area (Å²) in [6, 6.07) is 0.384. The molecule has 0 aliphatic heterocycles. The molecule has 1 N–H and O–H groups in total. The van der Waals surface area contributed by atoms with Gasteiger partial charge < -0.3 is 9.84 Å². The third-order valence-corrected chi connectivity index (χ3v) is 1.54. The summed E-state index contributed by atoms with van der Waals surface area (Å²) < 4.78 is 4.94. The van der Waals surface area contributed by atoms with Gasteiger partial charge in [-0.05, 0) is 20.9 Å². The minimum absolute atomic E-state index is 0.384. The molecule has 0 spiro atoms. The smallest absolute Gasteiger partial charge is 0.228 e. The number of nitrogens with one attached hydrogen (secondary N) is 1. The number of hydrogen-bond acceptors (Lipinski definition) is 4. The van der Waals surface area contributed by atoms with Crippen molar-refractivity contribution in [3.63, 3.8) is 0 Å². The van der Waals surface area contributed by atoms with Crippen molar-refractivity contribution in [2.75, 3.05) is 7.05 Å². The Kier molecular flexibility index (Phi) is 2.59. The van der Waals surface area contributed by atoms with Gasteiger partial charge in [0, 0.05) is 12.5 Å². The number of nitrogens with zero attached hydrogens (tertiary/aromatic N) is 2. The first-order valence-corrected chi connectivity index (χ1v) is 3.69. The Morgan fingerprint density at radius 3 is 2.82 bits per heavy atom. The van der Waals surface area contributed by atoms with Crippen LogP contribution >= 0.6 is 0 Å². The fourth-order valence-electron chi connectivity index (χ4n) is 0.787. The van der Waals surface area contributed by atoms with Crippen LogP contribution in [0.15, 0.2) is 4.52 Å². The Morgan fingerprint density at radius 2 is 2.36 bits per heavy atom. The topological polar surface area (TPSA) is 51.0 Å². The third-order valence-electron chi connectivity index (χ3n) is 1.54. The molecule has 0 amide bonds. The zero-order valence-electron chi connectivity index (χ0n) is 7.09. The molecule has 0 radical (unpaired) electrons. The van der Waals surface area contributed by atoms with Crippen molar-refractivity contribution in [3.05, 3.63) is 11.7 Å². The molecule has 0 saturated heterocycles. The SMILES string of the molecule is CNC(C)Cc1nc(C)no1. The second-order valence-corrected chi connectivity index (χ2v) is 2.63. The van der Waals surface area contributed by atoms with Crippen molar-refractivity contribution in [1.82, 2.24) is 15.5 Å². The minimum atomic E-state index is 0.384. The van der Waals surface area contributed by atoms with Crippen molar-refractivity contribution in [2.24, 2.45) is 0 Å². The Morgan fingerprint density at radius 1 is 1.64 bits per heavy atom. The molecule has 0 aliphatic rings. The highest BCUT2D eigenvalue weighted by Gasteiger charge is 2.06. The molecule has 1 aromatic rings. The van der Waals surface area contributed by atoms with Gasteiger partial charge in [0.15, 0.2) is 5.82 Å². The van der Waals surface area contributed by atoms with Crippen LogP contribution in [0, 0.1) is 6.92 Å². The van der Waals surface area contributed by atoms with Crippen LogP contribution in [0.5, 0.6) is 0 Å². The zero-order valence-corrected chi connectivity index (χ0v) is 7.09. The zero-order chi connectivity index (χ0) is 8.27. The van der Waals surface area contributed by atoms with E-state index in [4.69, 9.17) is 4.52 Å². The molecular weight excluding hydrogens is 142 g/mol. The molecule has 0 bridgehead atoms. The van der Waals surface area contributed by atoms with Gasteiger partial charge in [-0.25, -0.2) is 0 Å².